The highest BCUT2D eigenvalue weighted by molar-refractivity contribution is 7.13. The number of nitrogens with zero attached hydrogens (tertiary/aromatic N) is 1. The Morgan fingerprint density at radius 2 is 2.17 bits per heavy atom. The minimum Gasteiger partial charge on any atom is -0.480 e. The van der Waals surface area contributed by atoms with Crippen LogP contribution in [-0.2, 0) is 11.3 Å². The number of hydrogen-bond donors (Lipinski definition) is 2. The van der Waals surface area contributed by atoms with Crippen molar-refractivity contribution in [2.24, 2.45) is 0 Å². The third-order valence-corrected chi connectivity index (χ3v) is 3.47. The minimum absolute atomic E-state index is 0.469. The van der Waals surface area contributed by atoms with Crippen molar-refractivity contribution in [3.8, 4) is 10.6 Å². The summed E-state index contributed by atoms with van der Waals surface area (Å²) in [6.45, 7) is 2.09. The smallest absolute Gasteiger partial charge is 0.320 e. The second kappa shape index (κ2) is 5.75. The Bertz CT molecular complexity index is 525. The van der Waals surface area contributed by atoms with Gasteiger partial charge < -0.3 is 5.11 Å². The van der Waals surface area contributed by atoms with Crippen LogP contribution in [0.4, 0.5) is 0 Å². The lowest BCUT2D eigenvalue weighted by Crippen LogP contribution is -2.33. The topological polar surface area (TPSA) is 62.2 Å². The molecule has 0 bridgehead atoms. The van der Waals surface area contributed by atoms with Crippen molar-refractivity contribution in [1.82, 2.24) is 10.3 Å². The highest BCUT2D eigenvalue weighted by Crippen LogP contribution is 2.23. The van der Waals surface area contributed by atoms with Gasteiger partial charge in [-0.1, -0.05) is 30.3 Å². The predicted molar refractivity (Wildman–Crippen MR) is 71.5 cm³/mol. The van der Waals surface area contributed by atoms with Gasteiger partial charge in [0.1, 0.15) is 11.0 Å². The molecule has 18 heavy (non-hydrogen) atoms. The van der Waals surface area contributed by atoms with Gasteiger partial charge in [0.05, 0.1) is 5.69 Å². The Labute approximate surface area is 109 Å². The number of benzene rings is 1. The molecule has 5 heteroatoms. The molecule has 2 rings (SSSR count). The summed E-state index contributed by atoms with van der Waals surface area (Å²) in [5.41, 5.74) is 1.95. The fourth-order valence-electron chi connectivity index (χ4n) is 1.45. The zero-order valence-electron chi connectivity index (χ0n) is 9.96. The number of nitrogens with one attached hydrogen (secondary N) is 1. The average molecular weight is 262 g/mol. The van der Waals surface area contributed by atoms with Gasteiger partial charge in [0.15, 0.2) is 0 Å². The SMILES string of the molecule is CC(NCc1csc(-c2ccccc2)n1)C(=O)O. The Morgan fingerprint density at radius 1 is 1.44 bits per heavy atom. The molecule has 0 radical (unpaired) electrons. The fourth-order valence-corrected chi connectivity index (χ4v) is 2.27. The Kier molecular flexibility index (Phi) is 4.07. The van der Waals surface area contributed by atoms with Crippen molar-refractivity contribution in [3.05, 3.63) is 41.4 Å². The van der Waals surface area contributed by atoms with Crippen molar-refractivity contribution < 1.29 is 9.90 Å². The lowest BCUT2D eigenvalue weighted by molar-refractivity contribution is -0.139. The van der Waals surface area contributed by atoms with Crippen LogP contribution in [0, 0.1) is 0 Å². The molecular weight excluding hydrogens is 248 g/mol. The van der Waals surface area contributed by atoms with Crippen LogP contribution in [0.15, 0.2) is 35.7 Å². The normalized spacial score (nSPS) is 12.3. The second-order valence-electron chi connectivity index (χ2n) is 3.95. The van der Waals surface area contributed by atoms with E-state index in [2.05, 4.69) is 10.3 Å². The summed E-state index contributed by atoms with van der Waals surface area (Å²) in [7, 11) is 0. The molecule has 0 saturated carbocycles. The van der Waals surface area contributed by atoms with Gasteiger partial charge in [-0.2, -0.15) is 0 Å². The molecule has 1 heterocycles. The monoisotopic (exact) mass is 262 g/mol. The van der Waals surface area contributed by atoms with E-state index < -0.39 is 12.0 Å². The first-order valence-electron chi connectivity index (χ1n) is 5.63. The number of carboxylic acids is 1. The van der Waals surface area contributed by atoms with Gasteiger partial charge in [0.2, 0.25) is 0 Å². The molecule has 1 atom stereocenters. The number of carbonyl (C=O) groups is 1. The molecular formula is C13H14N2O2S. The van der Waals surface area contributed by atoms with E-state index in [4.69, 9.17) is 5.11 Å². The summed E-state index contributed by atoms with van der Waals surface area (Å²) in [4.78, 5) is 15.1. The maximum absolute atomic E-state index is 10.7. The van der Waals surface area contributed by atoms with Crippen LogP contribution in [0.1, 0.15) is 12.6 Å². The molecule has 0 fully saturated rings. The van der Waals surface area contributed by atoms with Crippen LogP contribution < -0.4 is 5.32 Å². The third kappa shape index (κ3) is 3.15. The average Bonchev–Trinajstić information content (AvgIpc) is 2.85. The van der Waals surface area contributed by atoms with E-state index in [1.165, 1.54) is 0 Å². The molecule has 94 valence electrons. The van der Waals surface area contributed by atoms with Crippen molar-refractivity contribution >= 4 is 17.3 Å². The van der Waals surface area contributed by atoms with E-state index >= 15 is 0 Å². The molecule has 0 saturated heterocycles. The van der Waals surface area contributed by atoms with E-state index in [0.29, 0.717) is 6.54 Å². The minimum atomic E-state index is -0.853. The molecule has 0 aliphatic rings. The highest BCUT2D eigenvalue weighted by Gasteiger charge is 2.10. The summed E-state index contributed by atoms with van der Waals surface area (Å²) in [5, 5.41) is 14.6. The summed E-state index contributed by atoms with van der Waals surface area (Å²) in [5.74, 6) is -0.853. The van der Waals surface area contributed by atoms with Gasteiger partial charge in [-0.3, -0.25) is 10.1 Å². The summed E-state index contributed by atoms with van der Waals surface area (Å²) < 4.78 is 0. The summed E-state index contributed by atoms with van der Waals surface area (Å²) in [6.07, 6.45) is 0. The number of aromatic nitrogens is 1. The van der Waals surface area contributed by atoms with Gasteiger partial charge in [-0.05, 0) is 6.92 Å². The lowest BCUT2D eigenvalue weighted by Gasteiger charge is -2.06. The molecule has 0 aliphatic carbocycles. The Morgan fingerprint density at radius 3 is 2.83 bits per heavy atom. The number of aliphatic carboxylic acids is 1. The van der Waals surface area contributed by atoms with Gasteiger partial charge in [0, 0.05) is 17.5 Å². The number of rotatable bonds is 5. The van der Waals surface area contributed by atoms with Crippen molar-refractivity contribution in [3.63, 3.8) is 0 Å². The number of carboxylic acid groups (broad SMARTS) is 1. The van der Waals surface area contributed by atoms with Crippen molar-refractivity contribution in [2.75, 3.05) is 0 Å². The van der Waals surface area contributed by atoms with E-state index in [1.54, 1.807) is 18.3 Å². The van der Waals surface area contributed by atoms with Crippen LogP contribution in [0.25, 0.3) is 10.6 Å². The Balaban J connectivity index is 2.01. The summed E-state index contributed by atoms with van der Waals surface area (Å²) in [6, 6.07) is 9.37. The standard InChI is InChI=1S/C13H14N2O2S/c1-9(13(16)17)14-7-11-8-18-12(15-11)10-5-3-2-4-6-10/h2-6,8-9,14H,7H2,1H3,(H,16,17). The first-order valence-corrected chi connectivity index (χ1v) is 6.51. The first kappa shape index (κ1) is 12.7. The van der Waals surface area contributed by atoms with Crippen LogP contribution >= 0.6 is 11.3 Å². The molecule has 2 aromatic rings. The van der Waals surface area contributed by atoms with E-state index in [9.17, 15) is 4.79 Å². The third-order valence-electron chi connectivity index (χ3n) is 2.53. The molecule has 1 aromatic heterocycles. The number of hydrogen-bond acceptors (Lipinski definition) is 4. The van der Waals surface area contributed by atoms with Gasteiger partial charge in [-0.25, -0.2) is 4.98 Å². The van der Waals surface area contributed by atoms with E-state index in [1.807, 2.05) is 35.7 Å². The lowest BCUT2D eigenvalue weighted by atomic mass is 10.2. The van der Waals surface area contributed by atoms with Crippen LogP contribution in [-0.4, -0.2) is 22.1 Å². The predicted octanol–water partition coefficient (Wildman–Crippen LogP) is 2.37. The second-order valence-corrected chi connectivity index (χ2v) is 4.81. The zero-order valence-corrected chi connectivity index (χ0v) is 10.8. The molecule has 0 amide bonds. The van der Waals surface area contributed by atoms with E-state index in [-0.39, 0.29) is 0 Å². The van der Waals surface area contributed by atoms with Crippen LogP contribution in [0.2, 0.25) is 0 Å². The molecule has 2 N–H and O–H groups in total. The fraction of sp³-hybridized carbons (Fsp3) is 0.231. The molecule has 0 spiro atoms. The molecule has 1 unspecified atom stereocenters. The van der Waals surface area contributed by atoms with Crippen LogP contribution in [0.5, 0.6) is 0 Å². The summed E-state index contributed by atoms with van der Waals surface area (Å²) >= 11 is 1.56. The Hall–Kier alpha value is -1.72. The molecule has 0 aliphatic heterocycles. The quantitative estimate of drug-likeness (QED) is 0.868. The molecule has 4 nitrogen and oxygen atoms in total. The largest absolute Gasteiger partial charge is 0.480 e. The van der Waals surface area contributed by atoms with E-state index in [0.717, 1.165) is 16.3 Å². The maximum atomic E-state index is 10.7. The van der Waals surface area contributed by atoms with Gasteiger partial charge >= 0.3 is 5.97 Å². The zero-order chi connectivity index (χ0) is 13.0. The first-order chi connectivity index (χ1) is 8.66. The van der Waals surface area contributed by atoms with Gasteiger partial charge in [0.25, 0.3) is 0 Å². The maximum Gasteiger partial charge on any atom is 0.320 e. The van der Waals surface area contributed by atoms with Gasteiger partial charge in [-0.15, -0.1) is 11.3 Å². The van der Waals surface area contributed by atoms with Crippen LogP contribution in [0.3, 0.4) is 0 Å². The number of thiazole rings is 1. The van der Waals surface area contributed by atoms with Crippen molar-refractivity contribution in [1.29, 1.82) is 0 Å². The van der Waals surface area contributed by atoms with Crippen molar-refractivity contribution in [2.45, 2.75) is 19.5 Å². The highest BCUT2D eigenvalue weighted by atomic mass is 32.1. The molecule has 1 aromatic carbocycles.